The molecule has 2 atom stereocenters. The third kappa shape index (κ3) is 2.59. The Labute approximate surface area is 158 Å². The van der Waals surface area contributed by atoms with Gasteiger partial charge in [-0.15, -0.1) is 0 Å². The summed E-state index contributed by atoms with van der Waals surface area (Å²) in [4.78, 5) is 24.0. The summed E-state index contributed by atoms with van der Waals surface area (Å²) in [6.45, 7) is 0. The van der Waals surface area contributed by atoms with Gasteiger partial charge >= 0.3 is 159 Å². The van der Waals surface area contributed by atoms with Gasteiger partial charge in [0.15, 0.2) is 0 Å². The molecule has 5 heteroatoms. The summed E-state index contributed by atoms with van der Waals surface area (Å²) in [5.74, 6) is -0.0880. The van der Waals surface area contributed by atoms with Gasteiger partial charge in [0.1, 0.15) is 0 Å². The van der Waals surface area contributed by atoms with E-state index < -0.39 is 21.4 Å². The van der Waals surface area contributed by atoms with Crippen LogP contribution in [0.3, 0.4) is 0 Å². The Hall–Kier alpha value is -1.46. The number of allylic oxidation sites excluding steroid dienone is 1. The normalized spacial score (nSPS) is 23.2. The SMILES string of the molecule is O=C1NC(=O)C([CH]2c3cc[c]4c(c3)C=[C](CCc3ccccc3)[In]42)S1. The molecular weight excluding hydrogens is 433 g/mol. The Morgan fingerprint density at radius 1 is 1.04 bits per heavy atom. The van der Waals surface area contributed by atoms with Gasteiger partial charge in [0.2, 0.25) is 0 Å². The van der Waals surface area contributed by atoms with E-state index in [-0.39, 0.29) is 20.1 Å². The van der Waals surface area contributed by atoms with Crippen molar-refractivity contribution in [2.75, 3.05) is 0 Å². The Bertz CT molecular complexity index is 925. The van der Waals surface area contributed by atoms with Gasteiger partial charge in [-0.1, -0.05) is 0 Å². The van der Waals surface area contributed by atoms with Crippen molar-refractivity contribution in [3.63, 3.8) is 0 Å². The number of aryl methyl sites for hydroxylation is 1. The molecule has 122 valence electrons. The number of carbonyl (C=O) groups is 2. The van der Waals surface area contributed by atoms with E-state index in [1.54, 1.807) is 3.33 Å². The van der Waals surface area contributed by atoms with Crippen LogP contribution >= 0.6 is 11.8 Å². The maximum atomic E-state index is 12.3. The van der Waals surface area contributed by atoms with E-state index in [0.717, 1.165) is 12.8 Å². The monoisotopic (exact) mass is 449 g/mol. The van der Waals surface area contributed by atoms with Gasteiger partial charge in [0, 0.05) is 0 Å². The second-order valence-corrected chi connectivity index (χ2v) is 16.7. The zero-order chi connectivity index (χ0) is 17.0. The summed E-state index contributed by atoms with van der Waals surface area (Å²) < 4.78 is 3.41. The van der Waals surface area contributed by atoms with Crippen molar-refractivity contribution in [1.29, 1.82) is 0 Å². The van der Waals surface area contributed by atoms with Crippen LogP contribution in [0.2, 0.25) is 0 Å². The van der Waals surface area contributed by atoms with Crippen LogP contribution in [-0.4, -0.2) is 37.8 Å². The topological polar surface area (TPSA) is 46.2 Å². The molecule has 4 aliphatic rings. The number of imide groups is 1. The zero-order valence-electron chi connectivity index (χ0n) is 13.6. The molecule has 3 nitrogen and oxygen atoms in total. The summed E-state index contributed by atoms with van der Waals surface area (Å²) >= 11 is -1.09. The van der Waals surface area contributed by atoms with E-state index in [4.69, 9.17) is 0 Å². The van der Waals surface area contributed by atoms with E-state index in [1.807, 2.05) is 0 Å². The number of carbonyl (C=O) groups excluding carboxylic acids is 2. The molecule has 6 rings (SSSR count). The van der Waals surface area contributed by atoms with Crippen molar-refractivity contribution in [2.24, 2.45) is 0 Å². The Morgan fingerprint density at radius 2 is 1.88 bits per heavy atom. The molecule has 1 N–H and O–H groups in total. The number of hydrogen-bond donors (Lipinski definition) is 1. The fourth-order valence-electron chi connectivity index (χ4n) is 4.43. The van der Waals surface area contributed by atoms with Crippen LogP contribution in [0.4, 0.5) is 4.79 Å². The first-order valence-corrected chi connectivity index (χ1v) is 14.7. The summed E-state index contributed by atoms with van der Waals surface area (Å²) in [6.07, 6.45) is 4.52. The minimum absolute atomic E-state index is 0.0880. The van der Waals surface area contributed by atoms with Gasteiger partial charge < -0.3 is 0 Å². The van der Waals surface area contributed by atoms with Crippen molar-refractivity contribution in [3.8, 4) is 0 Å². The van der Waals surface area contributed by atoms with Crippen molar-refractivity contribution >= 4 is 53.7 Å². The van der Waals surface area contributed by atoms with Gasteiger partial charge in [-0.3, -0.25) is 0 Å². The summed E-state index contributed by atoms with van der Waals surface area (Å²) in [5, 5.41) is 2.08. The molecule has 1 fully saturated rings. The van der Waals surface area contributed by atoms with E-state index >= 15 is 0 Å². The summed E-state index contributed by atoms with van der Waals surface area (Å²) in [5.41, 5.74) is 4.02. The molecule has 4 bridgehead atoms. The van der Waals surface area contributed by atoms with Crippen LogP contribution in [0.25, 0.3) is 6.08 Å². The number of fused-ring (bicyclic) bond motifs is 1. The molecule has 4 aliphatic heterocycles. The molecule has 2 unspecified atom stereocenters. The van der Waals surface area contributed by atoms with E-state index in [0.29, 0.717) is 0 Å². The van der Waals surface area contributed by atoms with Crippen LogP contribution in [-0.2, 0) is 11.2 Å². The molecule has 0 spiro atoms. The standard InChI is InChI=1S/C20H16NO2S.In/c22-19-18(24-20(23)21-19)14-17-12-6-11-16(13-17)10-5-4-9-15-7-2-1-3-8-15;/h1-3,6-8,10,12-14,18H,4,9H2,(H,21,22,23);. The fraction of sp³-hybridized carbons (Fsp3) is 0.200. The summed E-state index contributed by atoms with van der Waals surface area (Å²) in [7, 11) is 0. The first kappa shape index (κ1) is 15.8. The number of benzene rings is 2. The Morgan fingerprint density at radius 3 is 2.64 bits per heavy atom. The number of hydrogen-bond acceptors (Lipinski definition) is 3. The molecular formula is C20H16InNO2S. The number of nitrogens with one attached hydrogen (secondary N) is 1. The average Bonchev–Trinajstić information content (AvgIpc) is 3.11. The molecule has 0 aromatic heterocycles. The van der Waals surface area contributed by atoms with Gasteiger partial charge in [-0.2, -0.15) is 0 Å². The van der Waals surface area contributed by atoms with Crippen LogP contribution < -0.4 is 8.64 Å². The second kappa shape index (κ2) is 6.06. The minimum atomic E-state index is -2.30. The molecule has 0 saturated carbocycles. The molecule has 0 radical (unpaired) electrons. The Kier molecular flexibility index (Phi) is 3.82. The first-order chi connectivity index (χ1) is 12.2. The van der Waals surface area contributed by atoms with Crippen molar-refractivity contribution < 1.29 is 9.59 Å². The van der Waals surface area contributed by atoms with Gasteiger partial charge in [-0.25, -0.2) is 0 Å². The molecule has 2 aromatic rings. The van der Waals surface area contributed by atoms with Crippen molar-refractivity contribution in [3.05, 3.63) is 68.6 Å². The molecule has 25 heavy (non-hydrogen) atoms. The predicted octanol–water partition coefficient (Wildman–Crippen LogP) is 2.95. The molecule has 0 aliphatic carbocycles. The van der Waals surface area contributed by atoms with Gasteiger partial charge in [0.25, 0.3) is 0 Å². The fourth-order valence-corrected chi connectivity index (χ4v) is 18.5. The number of amides is 2. The van der Waals surface area contributed by atoms with Crippen LogP contribution in [0.5, 0.6) is 0 Å². The summed E-state index contributed by atoms with van der Waals surface area (Å²) in [6, 6.07) is 17.3. The van der Waals surface area contributed by atoms with E-state index in [1.165, 1.54) is 31.8 Å². The Balaban J connectivity index is 1.45. The molecule has 1 saturated heterocycles. The average molecular weight is 449 g/mol. The molecule has 4 heterocycles. The number of rotatable bonds is 4. The third-order valence-electron chi connectivity index (χ3n) is 5.52. The third-order valence-corrected chi connectivity index (χ3v) is 18.6. The quantitative estimate of drug-likeness (QED) is 0.781. The van der Waals surface area contributed by atoms with Crippen LogP contribution in [0.15, 0.2) is 51.9 Å². The van der Waals surface area contributed by atoms with Crippen molar-refractivity contribution in [1.82, 2.24) is 5.32 Å². The van der Waals surface area contributed by atoms with Gasteiger partial charge in [-0.05, 0) is 0 Å². The molecule has 2 aromatic carbocycles. The second-order valence-electron chi connectivity index (χ2n) is 6.91. The predicted molar refractivity (Wildman–Crippen MR) is 102 cm³/mol. The van der Waals surface area contributed by atoms with Crippen molar-refractivity contribution in [2.45, 2.75) is 21.8 Å². The zero-order valence-corrected chi connectivity index (χ0v) is 17.7. The molecule has 2 amide bonds. The van der Waals surface area contributed by atoms with E-state index in [9.17, 15) is 9.59 Å². The first-order valence-electron chi connectivity index (χ1n) is 8.60. The van der Waals surface area contributed by atoms with Crippen LogP contribution in [0, 0.1) is 0 Å². The maximum absolute atomic E-state index is 12.3. The number of thioether (sulfide) groups is 1. The van der Waals surface area contributed by atoms with E-state index in [2.05, 4.69) is 59.9 Å². The van der Waals surface area contributed by atoms with Gasteiger partial charge in [0.05, 0.1) is 0 Å². The van der Waals surface area contributed by atoms with Crippen LogP contribution in [0.1, 0.15) is 26.8 Å².